The molecular weight excluding hydrogens is 483 g/mol. The van der Waals surface area contributed by atoms with Gasteiger partial charge in [-0.1, -0.05) is 58.1 Å². The van der Waals surface area contributed by atoms with E-state index in [1.54, 1.807) is 0 Å². The van der Waals surface area contributed by atoms with Crippen molar-refractivity contribution >= 4 is 60.7 Å². The summed E-state index contributed by atoms with van der Waals surface area (Å²) in [5, 5.41) is 7.19. The quantitative estimate of drug-likeness (QED) is 0.107. The maximum atomic E-state index is 6.33. The van der Waals surface area contributed by atoms with Gasteiger partial charge in [-0.25, -0.2) is 14.0 Å². The van der Waals surface area contributed by atoms with Crippen molar-refractivity contribution in [2.75, 3.05) is 6.61 Å². The van der Waals surface area contributed by atoms with E-state index < -0.39 is 8.56 Å². The third-order valence-electron chi connectivity index (χ3n) is 6.41. The first-order valence-electron chi connectivity index (χ1n) is 12.2. The van der Waals surface area contributed by atoms with Gasteiger partial charge in [0.15, 0.2) is 0 Å². The van der Waals surface area contributed by atoms with Crippen LogP contribution in [-0.2, 0) is 0 Å². The molecule has 1 aliphatic rings. The second-order valence-corrected chi connectivity index (χ2v) is 12.0. The highest BCUT2D eigenvalue weighted by atomic mass is 32.1. The SMILES string of the molecule is CCCC(CCC)c1ccc(OCCC[Si](N=C=S)(N=C=S)N=C=S)c(C2CCCCC2)c1. The number of thiocarbonyl (C=S) groups is 3. The summed E-state index contributed by atoms with van der Waals surface area (Å²) < 4.78 is 18.9. The molecular formula is C25H35N3OS3Si. The molecule has 0 radical (unpaired) electrons. The zero-order valence-corrected chi connectivity index (χ0v) is 23.3. The van der Waals surface area contributed by atoms with Crippen molar-refractivity contribution in [2.24, 2.45) is 14.0 Å². The summed E-state index contributed by atoms with van der Waals surface area (Å²) in [5.41, 5.74) is 2.86. The number of ether oxygens (including phenoxy) is 1. The van der Waals surface area contributed by atoms with Gasteiger partial charge in [0.05, 0.1) is 22.1 Å². The standard InChI is InChI=1S/C25H35N3OS3Si/c1-3-9-21(10-4-2)23-13-14-25(24(17-23)22-11-6-5-7-12-22)29-15-8-16-33(26-18-30,27-19-31)28-20-32/h13-14,17,21-22H,3-12,15-16H2,1-2H3. The molecule has 4 nitrogen and oxygen atoms in total. The van der Waals surface area contributed by atoms with E-state index in [1.165, 1.54) is 68.9 Å². The van der Waals surface area contributed by atoms with E-state index in [2.05, 4.69) is 61.5 Å². The lowest BCUT2D eigenvalue weighted by molar-refractivity contribution is 0.307. The summed E-state index contributed by atoms with van der Waals surface area (Å²) in [4.78, 5) is 0. The van der Waals surface area contributed by atoms with Gasteiger partial charge in [-0.2, -0.15) is 0 Å². The molecule has 1 saturated carbocycles. The van der Waals surface area contributed by atoms with E-state index in [9.17, 15) is 0 Å². The van der Waals surface area contributed by atoms with Gasteiger partial charge < -0.3 is 4.74 Å². The number of benzene rings is 1. The Morgan fingerprint density at radius 3 is 2.12 bits per heavy atom. The molecule has 8 heteroatoms. The van der Waals surface area contributed by atoms with Gasteiger partial charge in [0.1, 0.15) is 5.75 Å². The summed E-state index contributed by atoms with van der Waals surface area (Å²) in [7, 11) is -2.87. The summed E-state index contributed by atoms with van der Waals surface area (Å²) >= 11 is 14.4. The second-order valence-electron chi connectivity index (χ2n) is 8.74. The molecule has 0 saturated heterocycles. The lowest BCUT2D eigenvalue weighted by Gasteiger charge is -2.26. The van der Waals surface area contributed by atoms with Crippen molar-refractivity contribution < 1.29 is 4.74 Å². The minimum absolute atomic E-state index is 0.550. The molecule has 0 bridgehead atoms. The van der Waals surface area contributed by atoms with Crippen LogP contribution in [0.5, 0.6) is 5.75 Å². The van der Waals surface area contributed by atoms with Crippen LogP contribution in [0, 0.1) is 0 Å². The van der Waals surface area contributed by atoms with E-state index in [-0.39, 0.29) is 0 Å². The molecule has 1 aliphatic carbocycles. The lowest BCUT2D eigenvalue weighted by Crippen LogP contribution is -2.28. The number of rotatable bonds is 14. The highest BCUT2D eigenvalue weighted by Crippen LogP contribution is 2.40. The fourth-order valence-corrected chi connectivity index (χ4v) is 7.67. The van der Waals surface area contributed by atoms with Crippen LogP contribution in [0.1, 0.15) is 101 Å². The topological polar surface area (TPSA) is 46.3 Å². The predicted octanol–water partition coefficient (Wildman–Crippen LogP) is 8.43. The number of hydrogen-bond donors (Lipinski definition) is 0. The van der Waals surface area contributed by atoms with Crippen LogP contribution < -0.4 is 4.74 Å². The molecule has 0 atom stereocenters. The van der Waals surface area contributed by atoms with Crippen molar-refractivity contribution in [3.8, 4) is 5.75 Å². The highest BCUT2D eigenvalue weighted by molar-refractivity contribution is 7.78. The van der Waals surface area contributed by atoms with E-state index >= 15 is 0 Å². The van der Waals surface area contributed by atoms with Crippen molar-refractivity contribution in [1.29, 1.82) is 0 Å². The summed E-state index contributed by atoms with van der Waals surface area (Å²) in [6.07, 6.45) is 12.1. The average molecular weight is 518 g/mol. The monoisotopic (exact) mass is 517 g/mol. The molecule has 0 aliphatic heterocycles. The van der Waals surface area contributed by atoms with Crippen LogP contribution in [0.15, 0.2) is 32.2 Å². The third-order valence-corrected chi connectivity index (χ3v) is 9.61. The van der Waals surface area contributed by atoms with Gasteiger partial charge in [0.2, 0.25) is 0 Å². The first kappa shape index (κ1) is 27.9. The van der Waals surface area contributed by atoms with E-state index in [0.29, 0.717) is 30.9 Å². The highest BCUT2D eigenvalue weighted by Gasteiger charge is 2.34. The van der Waals surface area contributed by atoms with Gasteiger partial charge >= 0.3 is 8.56 Å². The Morgan fingerprint density at radius 2 is 1.58 bits per heavy atom. The van der Waals surface area contributed by atoms with Crippen molar-refractivity contribution in [3.05, 3.63) is 29.3 Å². The van der Waals surface area contributed by atoms with Gasteiger partial charge in [-0.3, -0.25) is 0 Å². The first-order chi connectivity index (χ1) is 16.1. The van der Waals surface area contributed by atoms with Gasteiger partial charge in [-0.15, -0.1) is 0 Å². The second kappa shape index (κ2) is 15.5. The summed E-state index contributed by atoms with van der Waals surface area (Å²) in [6, 6.07) is 7.50. The first-order valence-corrected chi connectivity index (χ1v) is 15.4. The Kier molecular flexibility index (Phi) is 13.1. The Labute approximate surface area is 216 Å². The third kappa shape index (κ3) is 8.73. The molecule has 2 rings (SSSR count). The van der Waals surface area contributed by atoms with E-state index in [4.69, 9.17) is 41.4 Å². The van der Waals surface area contributed by atoms with Gasteiger partial charge in [0, 0.05) is 6.04 Å². The molecule has 0 heterocycles. The zero-order valence-electron chi connectivity index (χ0n) is 19.8. The molecule has 0 spiro atoms. The molecule has 0 amide bonds. The Bertz CT molecular complexity index is 849. The molecule has 178 valence electrons. The maximum Gasteiger partial charge on any atom is 0.461 e. The van der Waals surface area contributed by atoms with Crippen LogP contribution in [0.25, 0.3) is 0 Å². The number of hydrogen-bond acceptors (Lipinski definition) is 7. The zero-order chi connectivity index (χ0) is 23.9. The molecule has 0 aromatic heterocycles. The smallest absolute Gasteiger partial charge is 0.461 e. The predicted molar refractivity (Wildman–Crippen MR) is 151 cm³/mol. The number of nitrogens with zero attached hydrogens (tertiary/aromatic N) is 3. The molecule has 1 aromatic rings. The van der Waals surface area contributed by atoms with Crippen LogP contribution in [0.4, 0.5) is 0 Å². The Balaban J connectivity index is 2.19. The summed E-state index contributed by atoms with van der Waals surface area (Å²) in [5.74, 6) is 2.24. The van der Waals surface area contributed by atoms with Gasteiger partial charge in [0.25, 0.3) is 0 Å². The number of isothiocyanates is 3. The molecule has 0 unspecified atom stereocenters. The van der Waals surface area contributed by atoms with E-state index in [0.717, 1.165) is 5.75 Å². The molecule has 1 aromatic carbocycles. The van der Waals surface area contributed by atoms with Crippen LogP contribution >= 0.6 is 36.7 Å². The fraction of sp³-hybridized carbons (Fsp3) is 0.640. The van der Waals surface area contributed by atoms with Crippen molar-refractivity contribution in [1.82, 2.24) is 0 Å². The average Bonchev–Trinajstić information content (AvgIpc) is 2.83. The molecule has 33 heavy (non-hydrogen) atoms. The largest absolute Gasteiger partial charge is 0.493 e. The normalized spacial score (nSPS) is 15.6. The summed E-state index contributed by atoms with van der Waals surface area (Å²) in [6.45, 7) is 5.11. The van der Waals surface area contributed by atoms with E-state index in [1.807, 2.05) is 0 Å². The minimum Gasteiger partial charge on any atom is -0.493 e. The van der Waals surface area contributed by atoms with Crippen molar-refractivity contribution in [2.45, 2.75) is 95.9 Å². The molecule has 0 N–H and O–H groups in total. The van der Waals surface area contributed by atoms with Crippen molar-refractivity contribution in [3.63, 3.8) is 0 Å². The van der Waals surface area contributed by atoms with Crippen LogP contribution in [0.3, 0.4) is 0 Å². The van der Waals surface area contributed by atoms with Crippen LogP contribution in [-0.4, -0.2) is 30.6 Å². The van der Waals surface area contributed by atoms with Gasteiger partial charge in [-0.05, 0) is 97.8 Å². The Hall–Kier alpha value is -1.36. The Morgan fingerprint density at radius 1 is 0.970 bits per heavy atom. The maximum absolute atomic E-state index is 6.33. The van der Waals surface area contributed by atoms with Crippen LogP contribution in [0.2, 0.25) is 6.04 Å². The minimum atomic E-state index is -2.87. The lowest BCUT2D eigenvalue weighted by atomic mass is 9.81. The molecule has 1 fully saturated rings. The fourth-order valence-electron chi connectivity index (χ4n) is 4.81.